The van der Waals surface area contributed by atoms with Crippen LogP contribution in [0, 0.1) is 12.8 Å². The second-order valence-electron chi connectivity index (χ2n) is 8.78. The Bertz CT molecular complexity index is 1380. The molecule has 3 aromatic carbocycles. The lowest BCUT2D eigenvalue weighted by atomic mass is 9.99. The summed E-state index contributed by atoms with van der Waals surface area (Å²) in [5.74, 6) is 0.870. The van der Waals surface area contributed by atoms with Gasteiger partial charge < -0.3 is 23.8 Å². The Hall–Kier alpha value is -4.59. The lowest BCUT2D eigenvalue weighted by Gasteiger charge is -2.12. The highest BCUT2D eigenvalue weighted by Gasteiger charge is 2.17. The molecule has 4 aromatic rings. The Labute approximate surface area is 221 Å². The van der Waals surface area contributed by atoms with E-state index in [0.29, 0.717) is 34.6 Å². The minimum atomic E-state index is -0.883. The standard InChI is InChI=1S/C30H30N2O6/c1-20(30(33)34)16-25(23-10-6-4-7-11-23)32-37-18-22-14-15-27(28(17-22)35-3)36-19-26-21(2)38-29(31-26)24-12-8-5-9-13-24/h4-15,17,20H,16,18-19H2,1-3H3,(H,33,34). The van der Waals surface area contributed by atoms with Gasteiger partial charge in [-0.2, -0.15) is 0 Å². The quantitative estimate of drug-likeness (QED) is 0.176. The number of rotatable bonds is 12. The van der Waals surface area contributed by atoms with Crippen molar-refractivity contribution in [2.24, 2.45) is 11.1 Å². The number of hydrogen-bond acceptors (Lipinski definition) is 7. The van der Waals surface area contributed by atoms with Crippen LogP contribution < -0.4 is 9.47 Å². The largest absolute Gasteiger partial charge is 0.493 e. The molecule has 0 fully saturated rings. The molecule has 0 aliphatic carbocycles. The van der Waals surface area contributed by atoms with Crippen molar-refractivity contribution >= 4 is 11.7 Å². The first-order valence-electron chi connectivity index (χ1n) is 12.2. The zero-order valence-electron chi connectivity index (χ0n) is 21.6. The molecule has 4 rings (SSSR count). The van der Waals surface area contributed by atoms with E-state index in [1.807, 2.05) is 79.7 Å². The van der Waals surface area contributed by atoms with Crippen LogP contribution in [0.2, 0.25) is 0 Å². The van der Waals surface area contributed by atoms with Crippen LogP contribution in [-0.4, -0.2) is 28.9 Å². The van der Waals surface area contributed by atoms with Gasteiger partial charge in [-0.05, 0) is 42.3 Å². The van der Waals surface area contributed by atoms with E-state index in [4.69, 9.17) is 18.7 Å². The Kier molecular flexibility index (Phi) is 8.77. The van der Waals surface area contributed by atoms with E-state index in [9.17, 15) is 9.90 Å². The molecule has 0 bridgehead atoms. The molecule has 196 valence electrons. The Morgan fingerprint density at radius 3 is 2.39 bits per heavy atom. The maximum Gasteiger partial charge on any atom is 0.306 e. The number of hydrogen-bond donors (Lipinski definition) is 1. The third-order valence-electron chi connectivity index (χ3n) is 5.94. The summed E-state index contributed by atoms with van der Waals surface area (Å²) in [6.45, 7) is 3.91. The van der Waals surface area contributed by atoms with Crippen LogP contribution in [0.25, 0.3) is 11.5 Å². The molecule has 1 heterocycles. The number of aryl methyl sites for hydroxylation is 1. The van der Waals surface area contributed by atoms with Gasteiger partial charge in [0.2, 0.25) is 5.89 Å². The van der Waals surface area contributed by atoms with Crippen molar-refractivity contribution in [3.63, 3.8) is 0 Å². The predicted molar refractivity (Wildman–Crippen MR) is 143 cm³/mol. The van der Waals surface area contributed by atoms with Gasteiger partial charge in [0, 0.05) is 12.0 Å². The first-order chi connectivity index (χ1) is 18.4. The minimum absolute atomic E-state index is 0.178. The fourth-order valence-electron chi connectivity index (χ4n) is 3.73. The zero-order valence-corrected chi connectivity index (χ0v) is 21.6. The maximum absolute atomic E-state index is 11.4. The summed E-state index contributed by atoms with van der Waals surface area (Å²) in [5.41, 5.74) is 3.82. The van der Waals surface area contributed by atoms with Crippen LogP contribution in [0.15, 0.2) is 88.4 Å². The second kappa shape index (κ2) is 12.6. The van der Waals surface area contributed by atoms with Gasteiger partial charge in [0.1, 0.15) is 24.7 Å². The van der Waals surface area contributed by atoms with Crippen LogP contribution in [0.3, 0.4) is 0 Å². The van der Waals surface area contributed by atoms with E-state index in [2.05, 4.69) is 10.1 Å². The molecule has 0 spiro atoms. The molecule has 1 atom stereocenters. The van der Waals surface area contributed by atoms with Crippen LogP contribution >= 0.6 is 0 Å². The summed E-state index contributed by atoms with van der Waals surface area (Å²) in [6, 6.07) is 24.6. The van der Waals surface area contributed by atoms with Crippen molar-refractivity contribution in [2.75, 3.05) is 7.11 Å². The third-order valence-corrected chi connectivity index (χ3v) is 5.94. The smallest absolute Gasteiger partial charge is 0.306 e. The van der Waals surface area contributed by atoms with Gasteiger partial charge >= 0.3 is 5.97 Å². The van der Waals surface area contributed by atoms with E-state index < -0.39 is 11.9 Å². The Morgan fingerprint density at radius 1 is 1.00 bits per heavy atom. The fraction of sp³-hybridized carbons (Fsp3) is 0.233. The second-order valence-corrected chi connectivity index (χ2v) is 8.78. The number of carbonyl (C=O) groups is 1. The third kappa shape index (κ3) is 6.79. The molecular formula is C30H30N2O6. The minimum Gasteiger partial charge on any atom is -0.493 e. The van der Waals surface area contributed by atoms with E-state index in [1.165, 1.54) is 0 Å². The van der Waals surface area contributed by atoms with Gasteiger partial charge in [-0.1, -0.05) is 66.7 Å². The number of aliphatic carboxylic acids is 1. The van der Waals surface area contributed by atoms with Gasteiger partial charge in [0.05, 0.1) is 18.7 Å². The van der Waals surface area contributed by atoms with E-state index in [0.717, 1.165) is 16.7 Å². The topological polar surface area (TPSA) is 103 Å². The monoisotopic (exact) mass is 514 g/mol. The molecule has 0 radical (unpaired) electrons. The summed E-state index contributed by atoms with van der Waals surface area (Å²) in [5, 5.41) is 13.6. The summed E-state index contributed by atoms with van der Waals surface area (Å²) in [6.07, 6.45) is 0.253. The molecule has 1 N–H and O–H groups in total. The molecule has 1 aromatic heterocycles. The van der Waals surface area contributed by atoms with Crippen molar-refractivity contribution in [1.29, 1.82) is 0 Å². The molecule has 0 saturated heterocycles. The van der Waals surface area contributed by atoms with Crippen molar-refractivity contribution < 1.29 is 28.6 Å². The average Bonchev–Trinajstić information content (AvgIpc) is 3.32. The van der Waals surface area contributed by atoms with Gasteiger partial charge in [-0.15, -0.1) is 0 Å². The number of ether oxygens (including phenoxy) is 2. The van der Waals surface area contributed by atoms with Gasteiger partial charge in [0.25, 0.3) is 0 Å². The van der Waals surface area contributed by atoms with Crippen molar-refractivity contribution in [3.8, 4) is 23.0 Å². The number of aromatic nitrogens is 1. The van der Waals surface area contributed by atoms with Crippen molar-refractivity contribution in [2.45, 2.75) is 33.5 Å². The summed E-state index contributed by atoms with van der Waals surface area (Å²) in [4.78, 5) is 21.6. The Balaban J connectivity index is 1.42. The number of methoxy groups -OCH3 is 1. The van der Waals surface area contributed by atoms with Crippen molar-refractivity contribution in [1.82, 2.24) is 4.98 Å². The van der Waals surface area contributed by atoms with Crippen LogP contribution in [0.1, 0.15) is 35.9 Å². The van der Waals surface area contributed by atoms with Crippen LogP contribution in [-0.2, 0) is 22.8 Å². The summed E-state index contributed by atoms with van der Waals surface area (Å²) in [7, 11) is 1.57. The average molecular weight is 515 g/mol. The first kappa shape index (κ1) is 26.5. The molecule has 8 nitrogen and oxygen atoms in total. The molecule has 0 aliphatic rings. The molecule has 38 heavy (non-hydrogen) atoms. The van der Waals surface area contributed by atoms with Crippen LogP contribution in [0.5, 0.6) is 11.5 Å². The highest BCUT2D eigenvalue weighted by molar-refractivity contribution is 6.01. The maximum atomic E-state index is 11.4. The molecule has 1 unspecified atom stereocenters. The predicted octanol–water partition coefficient (Wildman–Crippen LogP) is 6.27. The van der Waals surface area contributed by atoms with E-state index in [-0.39, 0.29) is 19.6 Å². The van der Waals surface area contributed by atoms with E-state index >= 15 is 0 Å². The molecule has 0 saturated carbocycles. The lowest BCUT2D eigenvalue weighted by molar-refractivity contribution is -0.140. The van der Waals surface area contributed by atoms with E-state index in [1.54, 1.807) is 20.1 Å². The Morgan fingerprint density at radius 2 is 1.71 bits per heavy atom. The molecule has 0 aliphatic heterocycles. The number of oxazole rings is 1. The molecule has 8 heteroatoms. The van der Waals surface area contributed by atoms with Gasteiger partial charge in [-0.3, -0.25) is 4.79 Å². The normalized spacial score (nSPS) is 12.1. The lowest BCUT2D eigenvalue weighted by Crippen LogP contribution is -2.15. The molecule has 0 amide bonds. The molecular weight excluding hydrogens is 484 g/mol. The number of carboxylic acid groups (broad SMARTS) is 1. The van der Waals surface area contributed by atoms with Gasteiger partial charge in [0.15, 0.2) is 11.5 Å². The number of carboxylic acids is 1. The zero-order chi connectivity index (χ0) is 26.9. The highest BCUT2D eigenvalue weighted by atomic mass is 16.6. The number of nitrogens with zero attached hydrogens (tertiary/aromatic N) is 2. The van der Waals surface area contributed by atoms with Gasteiger partial charge in [-0.25, -0.2) is 4.98 Å². The number of benzene rings is 3. The summed E-state index contributed by atoms with van der Waals surface area (Å²) >= 11 is 0. The summed E-state index contributed by atoms with van der Waals surface area (Å²) < 4.78 is 17.3. The highest BCUT2D eigenvalue weighted by Crippen LogP contribution is 2.30. The van der Waals surface area contributed by atoms with Crippen LogP contribution in [0.4, 0.5) is 0 Å². The fourth-order valence-corrected chi connectivity index (χ4v) is 3.73. The first-order valence-corrected chi connectivity index (χ1v) is 12.2. The van der Waals surface area contributed by atoms with Crippen molar-refractivity contribution in [3.05, 3.63) is 101 Å². The number of oxime groups is 1. The SMILES string of the molecule is COc1cc(CON=C(CC(C)C(=O)O)c2ccccc2)ccc1OCc1nc(-c2ccccc2)oc1C.